The van der Waals surface area contributed by atoms with Crippen molar-refractivity contribution >= 4 is 11.7 Å². The molecule has 0 radical (unpaired) electrons. The van der Waals surface area contributed by atoms with Gasteiger partial charge >= 0.3 is 0 Å². The summed E-state index contributed by atoms with van der Waals surface area (Å²) < 4.78 is 0. The number of rotatable bonds is 2. The van der Waals surface area contributed by atoms with Crippen LogP contribution >= 0.6 is 0 Å². The van der Waals surface area contributed by atoms with Crippen molar-refractivity contribution in [2.24, 2.45) is 5.92 Å². The highest BCUT2D eigenvalue weighted by Crippen LogP contribution is 2.30. The molecule has 0 aromatic carbocycles. The van der Waals surface area contributed by atoms with Crippen LogP contribution in [0.4, 0.5) is 0 Å². The number of hydrogen-bond donors (Lipinski definition) is 0. The predicted octanol–water partition coefficient (Wildman–Crippen LogP) is 1.37. The number of nitrogens with zero attached hydrogens (tertiary/aromatic N) is 1. The number of hydrogen-bond acceptors (Lipinski definition) is 2. The third-order valence-corrected chi connectivity index (χ3v) is 3.29. The summed E-state index contributed by atoms with van der Waals surface area (Å²) in [4.78, 5) is 24.6. The largest absolute Gasteiger partial charge is 0.335 e. The SMILES string of the molecule is O=C1CCCN(C(=O)CC2CCC2)C1. The Hall–Kier alpha value is -0.860. The maximum absolute atomic E-state index is 11.7. The van der Waals surface area contributed by atoms with Crippen LogP contribution in [-0.2, 0) is 9.59 Å². The van der Waals surface area contributed by atoms with Crippen molar-refractivity contribution in [3.63, 3.8) is 0 Å². The van der Waals surface area contributed by atoms with Gasteiger partial charge in [0.1, 0.15) is 0 Å². The summed E-state index contributed by atoms with van der Waals surface area (Å²) in [7, 11) is 0. The van der Waals surface area contributed by atoms with Crippen molar-refractivity contribution in [3.05, 3.63) is 0 Å². The molecule has 3 nitrogen and oxygen atoms in total. The second-order valence-electron chi connectivity index (χ2n) is 4.46. The van der Waals surface area contributed by atoms with Crippen LogP contribution in [0.25, 0.3) is 0 Å². The monoisotopic (exact) mass is 195 g/mol. The van der Waals surface area contributed by atoms with Crippen molar-refractivity contribution in [1.82, 2.24) is 4.90 Å². The van der Waals surface area contributed by atoms with Crippen LogP contribution in [0.2, 0.25) is 0 Å². The van der Waals surface area contributed by atoms with E-state index in [9.17, 15) is 9.59 Å². The van der Waals surface area contributed by atoms with E-state index in [1.807, 2.05) is 0 Å². The maximum Gasteiger partial charge on any atom is 0.223 e. The second-order valence-corrected chi connectivity index (χ2v) is 4.46. The summed E-state index contributed by atoms with van der Waals surface area (Å²) >= 11 is 0. The van der Waals surface area contributed by atoms with Crippen LogP contribution in [-0.4, -0.2) is 29.7 Å². The highest BCUT2D eigenvalue weighted by Gasteiger charge is 2.26. The van der Waals surface area contributed by atoms with Crippen molar-refractivity contribution in [1.29, 1.82) is 0 Å². The summed E-state index contributed by atoms with van der Waals surface area (Å²) in [5.74, 6) is 1.03. The smallest absolute Gasteiger partial charge is 0.223 e. The normalized spacial score (nSPS) is 23.4. The van der Waals surface area contributed by atoms with Crippen LogP contribution in [0.15, 0.2) is 0 Å². The molecule has 3 heteroatoms. The molecule has 1 saturated heterocycles. The summed E-state index contributed by atoms with van der Waals surface area (Å²) in [6, 6.07) is 0. The van der Waals surface area contributed by atoms with Gasteiger partial charge in [0.2, 0.25) is 5.91 Å². The van der Waals surface area contributed by atoms with E-state index in [2.05, 4.69) is 0 Å². The Balaban J connectivity index is 1.80. The lowest BCUT2D eigenvalue weighted by Gasteiger charge is -2.30. The zero-order chi connectivity index (χ0) is 9.97. The lowest BCUT2D eigenvalue weighted by Crippen LogP contribution is -2.41. The molecule has 2 fully saturated rings. The van der Waals surface area contributed by atoms with Crippen molar-refractivity contribution in [2.75, 3.05) is 13.1 Å². The summed E-state index contributed by atoms with van der Waals surface area (Å²) in [6.45, 7) is 1.16. The zero-order valence-corrected chi connectivity index (χ0v) is 8.50. The maximum atomic E-state index is 11.7. The Labute approximate surface area is 84.5 Å². The average Bonchev–Trinajstić information content (AvgIpc) is 2.11. The van der Waals surface area contributed by atoms with Crippen LogP contribution in [0.5, 0.6) is 0 Å². The van der Waals surface area contributed by atoms with Crippen LogP contribution in [0.1, 0.15) is 38.5 Å². The highest BCUT2D eigenvalue weighted by atomic mass is 16.2. The summed E-state index contributed by atoms with van der Waals surface area (Å²) in [5.41, 5.74) is 0. The van der Waals surface area contributed by atoms with Crippen LogP contribution in [0, 0.1) is 5.92 Å². The first kappa shape index (κ1) is 9.69. The molecule has 2 rings (SSSR count). The molecule has 78 valence electrons. The Morgan fingerprint density at radius 1 is 1.36 bits per heavy atom. The van der Waals surface area contributed by atoms with Crippen molar-refractivity contribution < 1.29 is 9.59 Å². The van der Waals surface area contributed by atoms with Gasteiger partial charge in [-0.2, -0.15) is 0 Å². The van der Waals surface area contributed by atoms with Gasteiger partial charge in [0.25, 0.3) is 0 Å². The molecular weight excluding hydrogens is 178 g/mol. The average molecular weight is 195 g/mol. The van der Waals surface area contributed by atoms with Gasteiger partial charge in [0.05, 0.1) is 6.54 Å². The van der Waals surface area contributed by atoms with Crippen LogP contribution in [0.3, 0.4) is 0 Å². The molecule has 1 heterocycles. The van der Waals surface area contributed by atoms with E-state index in [-0.39, 0.29) is 11.7 Å². The van der Waals surface area contributed by atoms with Crippen molar-refractivity contribution in [3.8, 4) is 0 Å². The molecule has 1 aliphatic heterocycles. The molecule has 14 heavy (non-hydrogen) atoms. The fourth-order valence-corrected chi connectivity index (χ4v) is 2.12. The number of likely N-dealkylation sites (tertiary alicyclic amines) is 1. The third-order valence-electron chi connectivity index (χ3n) is 3.29. The topological polar surface area (TPSA) is 37.4 Å². The molecule has 2 aliphatic rings. The minimum absolute atomic E-state index is 0.197. The molecule has 0 N–H and O–H groups in total. The van der Waals surface area contributed by atoms with Gasteiger partial charge in [-0.1, -0.05) is 6.42 Å². The summed E-state index contributed by atoms with van der Waals surface area (Å²) in [5, 5.41) is 0. The molecule has 0 unspecified atom stereocenters. The Kier molecular flexibility index (Phi) is 2.85. The van der Waals surface area contributed by atoms with Gasteiger partial charge in [0, 0.05) is 19.4 Å². The van der Waals surface area contributed by atoms with E-state index < -0.39 is 0 Å². The Morgan fingerprint density at radius 3 is 2.71 bits per heavy atom. The first-order chi connectivity index (χ1) is 6.75. The first-order valence-corrected chi connectivity index (χ1v) is 5.55. The lowest BCUT2D eigenvalue weighted by molar-refractivity contribution is -0.138. The van der Waals surface area contributed by atoms with Gasteiger partial charge in [-0.25, -0.2) is 0 Å². The number of carbonyl (C=O) groups excluding carboxylic acids is 2. The molecule has 1 amide bonds. The van der Waals surface area contributed by atoms with E-state index in [0.29, 0.717) is 25.3 Å². The second kappa shape index (κ2) is 4.11. The minimum atomic E-state index is 0.197. The van der Waals surface area contributed by atoms with Crippen LogP contribution < -0.4 is 0 Å². The number of carbonyl (C=O) groups is 2. The van der Waals surface area contributed by atoms with Gasteiger partial charge in [-0.05, 0) is 25.2 Å². The predicted molar refractivity (Wildman–Crippen MR) is 52.8 cm³/mol. The van der Waals surface area contributed by atoms with E-state index in [1.54, 1.807) is 4.90 Å². The molecular formula is C11H17NO2. The molecule has 0 atom stereocenters. The zero-order valence-electron chi connectivity index (χ0n) is 8.50. The molecule has 0 bridgehead atoms. The van der Waals surface area contributed by atoms with E-state index in [4.69, 9.17) is 0 Å². The standard InChI is InChI=1S/C11H17NO2/c13-10-5-2-6-12(8-10)11(14)7-9-3-1-4-9/h9H,1-8H2. The molecule has 0 aromatic rings. The van der Waals surface area contributed by atoms with E-state index >= 15 is 0 Å². The molecule has 0 spiro atoms. The quantitative estimate of drug-likeness (QED) is 0.667. The Morgan fingerprint density at radius 2 is 2.14 bits per heavy atom. The van der Waals surface area contributed by atoms with Gasteiger partial charge < -0.3 is 4.90 Å². The summed E-state index contributed by atoms with van der Waals surface area (Å²) in [6.07, 6.45) is 5.87. The minimum Gasteiger partial charge on any atom is -0.335 e. The number of amides is 1. The van der Waals surface area contributed by atoms with Crippen molar-refractivity contribution in [2.45, 2.75) is 38.5 Å². The number of piperidine rings is 1. The number of Topliss-reactive ketones (excluding diaryl/α,β-unsaturated/α-hetero) is 1. The Bertz CT molecular complexity index is 246. The fourth-order valence-electron chi connectivity index (χ4n) is 2.12. The third kappa shape index (κ3) is 2.14. The molecule has 0 aromatic heterocycles. The molecule has 1 saturated carbocycles. The lowest BCUT2D eigenvalue weighted by atomic mass is 9.82. The van der Waals surface area contributed by atoms with E-state index in [1.165, 1.54) is 19.3 Å². The highest BCUT2D eigenvalue weighted by molar-refractivity contribution is 5.87. The van der Waals surface area contributed by atoms with Gasteiger partial charge in [-0.15, -0.1) is 0 Å². The number of ketones is 1. The first-order valence-electron chi connectivity index (χ1n) is 5.55. The van der Waals surface area contributed by atoms with E-state index in [0.717, 1.165) is 13.0 Å². The molecule has 1 aliphatic carbocycles. The van der Waals surface area contributed by atoms with Gasteiger partial charge in [-0.3, -0.25) is 9.59 Å². The fraction of sp³-hybridized carbons (Fsp3) is 0.818. The van der Waals surface area contributed by atoms with Gasteiger partial charge in [0.15, 0.2) is 5.78 Å².